The highest BCUT2D eigenvalue weighted by molar-refractivity contribution is 5.81. The van der Waals surface area contributed by atoms with E-state index in [0.717, 1.165) is 6.07 Å². The summed E-state index contributed by atoms with van der Waals surface area (Å²) in [5.74, 6) is 0.256. The van der Waals surface area contributed by atoms with E-state index in [9.17, 15) is 13.2 Å². The van der Waals surface area contributed by atoms with E-state index in [-0.39, 0.29) is 12.4 Å². The summed E-state index contributed by atoms with van der Waals surface area (Å²) >= 11 is 0. The van der Waals surface area contributed by atoms with Crippen LogP contribution in [0.4, 0.5) is 24.8 Å². The first-order chi connectivity index (χ1) is 11.6. The zero-order valence-electron chi connectivity index (χ0n) is 12.2. The van der Waals surface area contributed by atoms with Crippen molar-refractivity contribution in [1.82, 2.24) is 24.9 Å². The highest BCUT2D eigenvalue weighted by Crippen LogP contribution is 2.33. The summed E-state index contributed by atoms with van der Waals surface area (Å²) in [6.07, 6.45) is 1.22. The molecule has 0 aliphatic rings. The summed E-state index contributed by atoms with van der Waals surface area (Å²) in [6, 6.07) is 2.23. The number of aromatic nitrogens is 5. The summed E-state index contributed by atoms with van der Waals surface area (Å²) in [5, 5.41) is 5.66. The topological polar surface area (TPSA) is 88.5 Å². The lowest BCUT2D eigenvalue weighted by Crippen LogP contribution is -2.18. The quantitative estimate of drug-likeness (QED) is 0.692. The third-order valence-corrected chi connectivity index (χ3v) is 3.09. The van der Waals surface area contributed by atoms with Crippen molar-refractivity contribution in [3.63, 3.8) is 0 Å². The number of halogens is 3. The summed E-state index contributed by atoms with van der Waals surface area (Å²) in [7, 11) is 0. The van der Waals surface area contributed by atoms with E-state index in [1.807, 2.05) is 0 Å². The number of nitrogens with zero attached hydrogens (tertiary/aromatic N) is 5. The van der Waals surface area contributed by atoms with Gasteiger partial charge in [-0.3, -0.25) is 0 Å². The minimum absolute atomic E-state index is 0.209. The molecule has 0 aliphatic carbocycles. The minimum atomic E-state index is -4.46. The van der Waals surface area contributed by atoms with Crippen LogP contribution in [0.2, 0.25) is 0 Å². The van der Waals surface area contributed by atoms with Crippen LogP contribution < -0.4 is 10.6 Å². The monoisotopic (exact) mass is 335 g/mol. The van der Waals surface area contributed by atoms with Gasteiger partial charge >= 0.3 is 6.18 Å². The highest BCUT2D eigenvalue weighted by atomic mass is 19.4. The van der Waals surface area contributed by atoms with Crippen LogP contribution in [0.3, 0.4) is 0 Å². The van der Waals surface area contributed by atoms with Crippen LogP contribution in [0, 0.1) is 0 Å². The van der Waals surface area contributed by atoms with E-state index in [1.165, 1.54) is 31.0 Å². The first-order valence-corrected chi connectivity index (χ1v) is 6.97. The SMILES string of the molecule is FC(F)(F)c1cccnc1NCCNc1ncnc2nccnc12. The van der Waals surface area contributed by atoms with Crippen molar-refractivity contribution >= 4 is 22.8 Å². The van der Waals surface area contributed by atoms with E-state index in [1.54, 1.807) is 0 Å². The van der Waals surface area contributed by atoms with Crippen LogP contribution in [0.5, 0.6) is 0 Å². The van der Waals surface area contributed by atoms with E-state index in [2.05, 4.69) is 35.6 Å². The molecule has 0 bridgehead atoms. The molecule has 3 aromatic heterocycles. The van der Waals surface area contributed by atoms with Crippen LogP contribution in [-0.2, 0) is 6.18 Å². The third-order valence-electron chi connectivity index (χ3n) is 3.09. The second-order valence-electron chi connectivity index (χ2n) is 4.70. The number of nitrogens with one attached hydrogen (secondary N) is 2. The molecule has 0 saturated heterocycles. The molecule has 0 aliphatic heterocycles. The Morgan fingerprint density at radius 2 is 1.58 bits per heavy atom. The van der Waals surface area contributed by atoms with Crippen molar-refractivity contribution in [1.29, 1.82) is 0 Å². The fraction of sp³-hybridized carbons (Fsp3) is 0.214. The lowest BCUT2D eigenvalue weighted by Gasteiger charge is -2.13. The Morgan fingerprint density at radius 1 is 0.833 bits per heavy atom. The number of fused-ring (bicyclic) bond motifs is 1. The zero-order chi connectivity index (χ0) is 17.0. The Labute approximate surface area is 134 Å². The maximum atomic E-state index is 12.9. The molecule has 0 unspecified atom stereocenters. The molecule has 0 amide bonds. The molecule has 0 spiro atoms. The molecule has 7 nitrogen and oxygen atoms in total. The molecule has 24 heavy (non-hydrogen) atoms. The summed E-state index contributed by atoms with van der Waals surface area (Å²) in [5.41, 5.74) is 0.129. The van der Waals surface area contributed by atoms with Crippen molar-refractivity contribution in [2.45, 2.75) is 6.18 Å². The summed E-state index contributed by atoms with van der Waals surface area (Å²) in [4.78, 5) is 20.0. The average molecular weight is 335 g/mol. The van der Waals surface area contributed by atoms with Gasteiger partial charge in [-0.25, -0.2) is 24.9 Å². The Morgan fingerprint density at radius 3 is 2.38 bits per heavy atom. The molecule has 10 heteroatoms. The number of hydrogen-bond acceptors (Lipinski definition) is 7. The van der Waals surface area contributed by atoms with E-state index >= 15 is 0 Å². The normalized spacial score (nSPS) is 11.5. The number of alkyl halides is 3. The van der Waals surface area contributed by atoms with Crippen molar-refractivity contribution in [3.8, 4) is 0 Å². The van der Waals surface area contributed by atoms with Gasteiger partial charge in [0.05, 0.1) is 5.56 Å². The fourth-order valence-electron chi connectivity index (χ4n) is 2.06. The molecule has 0 aromatic carbocycles. The Bertz CT molecular complexity index is 832. The first-order valence-electron chi connectivity index (χ1n) is 6.97. The van der Waals surface area contributed by atoms with E-state index in [0.29, 0.717) is 23.5 Å². The number of rotatable bonds is 5. The molecule has 0 atom stereocenters. The highest BCUT2D eigenvalue weighted by Gasteiger charge is 2.33. The molecular weight excluding hydrogens is 323 g/mol. The second-order valence-corrected chi connectivity index (χ2v) is 4.70. The number of anilines is 2. The van der Waals surface area contributed by atoms with Crippen LogP contribution in [0.25, 0.3) is 11.2 Å². The minimum Gasteiger partial charge on any atom is -0.368 e. The van der Waals surface area contributed by atoms with E-state index < -0.39 is 11.7 Å². The molecule has 124 valence electrons. The predicted molar refractivity (Wildman–Crippen MR) is 81.3 cm³/mol. The van der Waals surface area contributed by atoms with Crippen molar-refractivity contribution < 1.29 is 13.2 Å². The van der Waals surface area contributed by atoms with Gasteiger partial charge in [0.1, 0.15) is 17.7 Å². The van der Waals surface area contributed by atoms with Gasteiger partial charge in [-0.2, -0.15) is 13.2 Å². The molecule has 3 rings (SSSR count). The number of hydrogen-bond donors (Lipinski definition) is 2. The standard InChI is InChI=1S/C14H12F3N7/c15-14(16,17)9-2-1-3-19-11(9)20-6-7-22-13-10-12(23-8-24-13)21-5-4-18-10/h1-5,8H,6-7H2,(H,19,20)(H,21,22,23,24). The molecule has 3 aromatic rings. The van der Waals surface area contributed by atoms with Crippen LogP contribution >= 0.6 is 0 Å². The molecule has 2 N–H and O–H groups in total. The van der Waals surface area contributed by atoms with Gasteiger partial charge in [0.25, 0.3) is 0 Å². The van der Waals surface area contributed by atoms with Gasteiger partial charge in [0, 0.05) is 31.7 Å². The molecular formula is C14H12F3N7. The van der Waals surface area contributed by atoms with Crippen LogP contribution in [0.1, 0.15) is 5.56 Å². The van der Waals surface area contributed by atoms with Crippen molar-refractivity contribution in [3.05, 3.63) is 42.6 Å². The number of pyridine rings is 1. The van der Waals surface area contributed by atoms with Gasteiger partial charge in [-0.1, -0.05) is 0 Å². The second kappa shape index (κ2) is 6.60. The van der Waals surface area contributed by atoms with E-state index in [4.69, 9.17) is 0 Å². The zero-order valence-corrected chi connectivity index (χ0v) is 12.2. The van der Waals surface area contributed by atoms with Gasteiger partial charge in [0.15, 0.2) is 11.5 Å². The largest absolute Gasteiger partial charge is 0.419 e. The lowest BCUT2D eigenvalue weighted by atomic mass is 10.2. The average Bonchev–Trinajstić information content (AvgIpc) is 2.58. The summed E-state index contributed by atoms with van der Waals surface area (Å²) < 4.78 is 38.6. The van der Waals surface area contributed by atoms with Gasteiger partial charge in [0.2, 0.25) is 0 Å². The molecule has 0 fully saturated rings. The molecule has 0 saturated carbocycles. The Balaban J connectivity index is 1.64. The first kappa shape index (κ1) is 15.8. The van der Waals surface area contributed by atoms with Crippen LogP contribution in [0.15, 0.2) is 37.1 Å². The predicted octanol–water partition coefficient (Wildman–Crippen LogP) is 2.36. The Hall–Kier alpha value is -3.04. The smallest absolute Gasteiger partial charge is 0.368 e. The van der Waals surface area contributed by atoms with Crippen molar-refractivity contribution in [2.75, 3.05) is 23.7 Å². The molecule has 3 heterocycles. The maximum absolute atomic E-state index is 12.9. The van der Waals surface area contributed by atoms with Crippen molar-refractivity contribution in [2.24, 2.45) is 0 Å². The molecule has 0 radical (unpaired) electrons. The van der Waals surface area contributed by atoms with Gasteiger partial charge < -0.3 is 10.6 Å². The van der Waals surface area contributed by atoms with Gasteiger partial charge in [-0.15, -0.1) is 0 Å². The summed E-state index contributed by atoms with van der Waals surface area (Å²) in [6.45, 7) is 0.530. The third kappa shape index (κ3) is 3.47. The maximum Gasteiger partial charge on any atom is 0.419 e. The lowest BCUT2D eigenvalue weighted by molar-refractivity contribution is -0.137. The van der Waals surface area contributed by atoms with Gasteiger partial charge in [-0.05, 0) is 12.1 Å². The Kier molecular flexibility index (Phi) is 4.36. The van der Waals surface area contributed by atoms with Crippen LogP contribution in [-0.4, -0.2) is 38.0 Å². The fourth-order valence-corrected chi connectivity index (χ4v) is 2.06.